The fourth-order valence-electron chi connectivity index (χ4n) is 1.61. The number of carboxylic acids is 1. The monoisotopic (exact) mass is 187 g/mol. The summed E-state index contributed by atoms with van der Waals surface area (Å²) in [5.41, 5.74) is 0. The average molecular weight is 187 g/mol. The summed E-state index contributed by atoms with van der Waals surface area (Å²) < 4.78 is 5.07. The molecule has 0 amide bonds. The summed E-state index contributed by atoms with van der Waals surface area (Å²) in [5.74, 6) is -0.131. The van der Waals surface area contributed by atoms with Crippen LogP contribution in [0.4, 0.5) is 0 Å². The molecule has 1 aliphatic rings. The fourth-order valence-corrected chi connectivity index (χ4v) is 1.61. The minimum Gasteiger partial charge on any atom is -0.480 e. The minimum absolute atomic E-state index is 0.102. The summed E-state index contributed by atoms with van der Waals surface area (Å²) in [6.07, 6.45) is 2.41. The highest BCUT2D eigenvalue weighted by Crippen LogP contribution is 2.34. The van der Waals surface area contributed by atoms with E-state index in [4.69, 9.17) is 9.84 Å². The lowest BCUT2D eigenvalue weighted by atomic mass is 10.2. The lowest BCUT2D eigenvalue weighted by Gasteiger charge is -2.25. The van der Waals surface area contributed by atoms with Crippen LogP contribution in [0.15, 0.2) is 0 Å². The Balaban J connectivity index is 2.37. The van der Waals surface area contributed by atoms with Gasteiger partial charge in [-0.1, -0.05) is 0 Å². The Bertz CT molecular complexity index is 180. The Morgan fingerprint density at radius 1 is 1.69 bits per heavy atom. The second-order valence-electron chi connectivity index (χ2n) is 3.67. The first-order chi connectivity index (χ1) is 6.15. The molecule has 0 bridgehead atoms. The van der Waals surface area contributed by atoms with E-state index in [9.17, 15) is 4.79 Å². The van der Waals surface area contributed by atoms with Crippen LogP contribution in [0, 0.1) is 5.92 Å². The van der Waals surface area contributed by atoms with Gasteiger partial charge in [-0.3, -0.25) is 9.69 Å². The lowest BCUT2D eigenvalue weighted by molar-refractivity contribution is -0.138. The number of likely N-dealkylation sites (N-methyl/N-ethyl adjacent to an activating group) is 1. The fraction of sp³-hybridized carbons (Fsp3) is 0.889. The molecule has 1 atom stereocenters. The van der Waals surface area contributed by atoms with E-state index in [-0.39, 0.29) is 12.6 Å². The molecule has 1 fully saturated rings. The zero-order valence-electron chi connectivity index (χ0n) is 8.19. The first-order valence-electron chi connectivity index (χ1n) is 4.56. The second-order valence-corrected chi connectivity index (χ2v) is 3.67. The molecule has 0 aromatic rings. The van der Waals surface area contributed by atoms with Gasteiger partial charge in [0.15, 0.2) is 0 Å². The number of methoxy groups -OCH3 is 1. The quantitative estimate of drug-likeness (QED) is 0.655. The van der Waals surface area contributed by atoms with Crippen LogP contribution in [0.5, 0.6) is 0 Å². The molecule has 0 aromatic heterocycles. The van der Waals surface area contributed by atoms with Gasteiger partial charge in [0.25, 0.3) is 0 Å². The van der Waals surface area contributed by atoms with Gasteiger partial charge in [0, 0.05) is 13.2 Å². The molecule has 1 rings (SSSR count). The molecule has 4 heteroatoms. The summed E-state index contributed by atoms with van der Waals surface area (Å²) >= 11 is 0. The van der Waals surface area contributed by atoms with Crippen LogP contribution < -0.4 is 0 Å². The van der Waals surface area contributed by atoms with Crippen molar-refractivity contribution in [1.29, 1.82) is 0 Å². The van der Waals surface area contributed by atoms with Crippen molar-refractivity contribution < 1.29 is 14.6 Å². The standard InChI is InChI=1S/C9H17NO3/c1-10(5-9(11)12)8(6-13-2)7-3-4-7/h7-8H,3-6H2,1-2H3,(H,11,12). The van der Waals surface area contributed by atoms with E-state index >= 15 is 0 Å². The summed E-state index contributed by atoms with van der Waals surface area (Å²) in [6, 6.07) is 0.279. The summed E-state index contributed by atoms with van der Waals surface area (Å²) in [4.78, 5) is 12.3. The van der Waals surface area contributed by atoms with Crippen molar-refractivity contribution in [2.24, 2.45) is 5.92 Å². The first kappa shape index (κ1) is 10.5. The number of hydrogen-bond acceptors (Lipinski definition) is 3. The third-order valence-corrected chi connectivity index (χ3v) is 2.45. The van der Waals surface area contributed by atoms with E-state index in [0.717, 1.165) is 0 Å². The third-order valence-electron chi connectivity index (χ3n) is 2.45. The molecular formula is C9H17NO3. The van der Waals surface area contributed by atoms with E-state index in [1.165, 1.54) is 12.8 Å². The smallest absolute Gasteiger partial charge is 0.317 e. The highest BCUT2D eigenvalue weighted by molar-refractivity contribution is 5.69. The molecule has 1 saturated carbocycles. The van der Waals surface area contributed by atoms with Gasteiger partial charge in [0.05, 0.1) is 13.2 Å². The van der Waals surface area contributed by atoms with Crippen LogP contribution in [0.1, 0.15) is 12.8 Å². The topological polar surface area (TPSA) is 49.8 Å². The van der Waals surface area contributed by atoms with Crippen molar-refractivity contribution in [2.75, 3.05) is 27.3 Å². The van der Waals surface area contributed by atoms with Crippen LogP contribution in [0.25, 0.3) is 0 Å². The second kappa shape index (κ2) is 4.58. The maximum Gasteiger partial charge on any atom is 0.317 e. The summed E-state index contributed by atoms with van der Waals surface area (Å²) in [6.45, 7) is 0.735. The number of carboxylic acid groups (broad SMARTS) is 1. The van der Waals surface area contributed by atoms with E-state index < -0.39 is 5.97 Å². The maximum atomic E-state index is 10.5. The van der Waals surface area contributed by atoms with E-state index in [1.54, 1.807) is 7.11 Å². The van der Waals surface area contributed by atoms with E-state index in [2.05, 4.69) is 0 Å². The molecule has 1 unspecified atom stereocenters. The maximum absolute atomic E-state index is 10.5. The third kappa shape index (κ3) is 3.32. The SMILES string of the molecule is COCC(C1CC1)N(C)CC(=O)O. The Morgan fingerprint density at radius 2 is 2.31 bits per heavy atom. The van der Waals surface area contributed by atoms with Crippen molar-refractivity contribution >= 4 is 5.97 Å². The normalized spacial score (nSPS) is 19.0. The highest BCUT2D eigenvalue weighted by Gasteiger charge is 2.34. The van der Waals surface area contributed by atoms with Gasteiger partial charge in [0.1, 0.15) is 0 Å². The van der Waals surface area contributed by atoms with Crippen molar-refractivity contribution in [3.63, 3.8) is 0 Å². The van der Waals surface area contributed by atoms with Crippen LogP contribution in [-0.2, 0) is 9.53 Å². The zero-order chi connectivity index (χ0) is 9.84. The highest BCUT2D eigenvalue weighted by atomic mass is 16.5. The molecule has 0 radical (unpaired) electrons. The number of ether oxygens (including phenoxy) is 1. The number of hydrogen-bond donors (Lipinski definition) is 1. The van der Waals surface area contributed by atoms with Crippen LogP contribution in [-0.4, -0.2) is 49.3 Å². The number of nitrogens with zero attached hydrogens (tertiary/aromatic N) is 1. The zero-order valence-corrected chi connectivity index (χ0v) is 8.19. The predicted molar refractivity (Wildman–Crippen MR) is 48.7 cm³/mol. The number of aliphatic carboxylic acids is 1. The van der Waals surface area contributed by atoms with Crippen molar-refractivity contribution in [2.45, 2.75) is 18.9 Å². The first-order valence-corrected chi connectivity index (χ1v) is 4.56. The molecule has 0 heterocycles. The number of rotatable bonds is 6. The molecule has 0 aliphatic heterocycles. The molecule has 0 spiro atoms. The van der Waals surface area contributed by atoms with Gasteiger partial charge in [0.2, 0.25) is 0 Å². The van der Waals surface area contributed by atoms with E-state index in [0.29, 0.717) is 12.5 Å². The van der Waals surface area contributed by atoms with Gasteiger partial charge in [-0.05, 0) is 25.8 Å². The Labute approximate surface area is 78.5 Å². The van der Waals surface area contributed by atoms with Gasteiger partial charge in [-0.2, -0.15) is 0 Å². The van der Waals surface area contributed by atoms with Crippen molar-refractivity contribution in [3.8, 4) is 0 Å². The molecule has 76 valence electrons. The Morgan fingerprint density at radius 3 is 2.69 bits per heavy atom. The molecule has 1 N–H and O–H groups in total. The van der Waals surface area contributed by atoms with Gasteiger partial charge in [-0.15, -0.1) is 0 Å². The van der Waals surface area contributed by atoms with Crippen LogP contribution in [0.2, 0.25) is 0 Å². The molecule has 0 saturated heterocycles. The van der Waals surface area contributed by atoms with Crippen molar-refractivity contribution in [3.05, 3.63) is 0 Å². The molecule has 0 aromatic carbocycles. The largest absolute Gasteiger partial charge is 0.480 e. The Kier molecular flexibility index (Phi) is 3.69. The van der Waals surface area contributed by atoms with Crippen molar-refractivity contribution in [1.82, 2.24) is 4.90 Å². The molecular weight excluding hydrogens is 170 g/mol. The molecule has 13 heavy (non-hydrogen) atoms. The summed E-state index contributed by atoms with van der Waals surface area (Å²) in [7, 11) is 3.50. The average Bonchev–Trinajstić information content (AvgIpc) is 2.81. The Hall–Kier alpha value is -0.610. The van der Waals surface area contributed by atoms with Gasteiger partial charge in [-0.25, -0.2) is 0 Å². The molecule has 1 aliphatic carbocycles. The predicted octanol–water partition coefficient (Wildman–Crippen LogP) is 0.428. The van der Waals surface area contributed by atoms with Crippen LogP contribution in [0.3, 0.4) is 0 Å². The van der Waals surface area contributed by atoms with Gasteiger partial charge >= 0.3 is 5.97 Å². The minimum atomic E-state index is -0.774. The van der Waals surface area contributed by atoms with E-state index in [1.807, 2.05) is 11.9 Å². The lowest BCUT2D eigenvalue weighted by Crippen LogP contribution is -2.40. The summed E-state index contributed by atoms with van der Waals surface area (Å²) in [5, 5.41) is 8.62. The number of carbonyl (C=O) groups is 1. The molecule has 4 nitrogen and oxygen atoms in total. The van der Waals surface area contributed by atoms with Gasteiger partial charge < -0.3 is 9.84 Å². The van der Waals surface area contributed by atoms with Crippen LogP contribution >= 0.6 is 0 Å².